The molecule has 0 bridgehead atoms. The number of tetrazole rings is 1. The monoisotopic (exact) mass is 319 g/mol. The number of nitrogens with one attached hydrogen (secondary N) is 1. The molecule has 0 saturated heterocycles. The molecule has 22 heavy (non-hydrogen) atoms. The van der Waals surface area contributed by atoms with Crippen molar-refractivity contribution in [1.29, 1.82) is 0 Å². The Labute approximate surface area is 132 Å². The molecule has 0 atom stereocenters. The SMILES string of the molecule is COCc1cccc(NC(=O)CSc2nnnn2C2CC2)c1. The summed E-state index contributed by atoms with van der Waals surface area (Å²) in [7, 11) is 1.64. The molecular formula is C14H17N5O2S. The second-order valence-corrected chi connectivity index (χ2v) is 6.05. The minimum absolute atomic E-state index is 0.0788. The minimum atomic E-state index is -0.0788. The summed E-state index contributed by atoms with van der Waals surface area (Å²) >= 11 is 1.35. The van der Waals surface area contributed by atoms with Crippen LogP contribution in [-0.2, 0) is 16.1 Å². The Morgan fingerprint density at radius 3 is 3.14 bits per heavy atom. The summed E-state index contributed by atoms with van der Waals surface area (Å²) in [5.41, 5.74) is 1.78. The van der Waals surface area contributed by atoms with Crippen molar-refractivity contribution in [1.82, 2.24) is 20.2 Å². The molecule has 2 aromatic rings. The van der Waals surface area contributed by atoms with Crippen molar-refractivity contribution in [3.05, 3.63) is 29.8 Å². The molecule has 3 rings (SSSR count). The largest absolute Gasteiger partial charge is 0.380 e. The van der Waals surface area contributed by atoms with E-state index < -0.39 is 0 Å². The first-order chi connectivity index (χ1) is 10.8. The van der Waals surface area contributed by atoms with Crippen LogP contribution in [0.3, 0.4) is 0 Å². The highest BCUT2D eigenvalue weighted by atomic mass is 32.2. The number of aromatic nitrogens is 4. The number of nitrogens with zero attached hydrogens (tertiary/aromatic N) is 4. The normalized spacial score (nSPS) is 14.0. The predicted octanol–water partition coefficient (Wildman–Crippen LogP) is 1.89. The lowest BCUT2D eigenvalue weighted by molar-refractivity contribution is -0.113. The van der Waals surface area contributed by atoms with Crippen LogP contribution in [0.4, 0.5) is 5.69 Å². The molecule has 1 saturated carbocycles. The van der Waals surface area contributed by atoms with Gasteiger partial charge < -0.3 is 10.1 Å². The van der Waals surface area contributed by atoms with E-state index >= 15 is 0 Å². The van der Waals surface area contributed by atoms with Gasteiger partial charge in [-0.15, -0.1) is 5.10 Å². The average Bonchev–Trinajstić information content (AvgIpc) is 3.24. The van der Waals surface area contributed by atoms with Crippen LogP contribution in [-0.4, -0.2) is 39.0 Å². The molecule has 1 heterocycles. The Hall–Kier alpha value is -1.93. The summed E-state index contributed by atoms with van der Waals surface area (Å²) in [4.78, 5) is 12.0. The van der Waals surface area contributed by atoms with Gasteiger partial charge >= 0.3 is 0 Å². The second-order valence-electron chi connectivity index (χ2n) is 5.11. The molecule has 1 aromatic heterocycles. The van der Waals surface area contributed by atoms with Crippen molar-refractivity contribution in [2.24, 2.45) is 0 Å². The van der Waals surface area contributed by atoms with Crippen LogP contribution >= 0.6 is 11.8 Å². The molecule has 1 aliphatic carbocycles. The van der Waals surface area contributed by atoms with E-state index in [2.05, 4.69) is 20.8 Å². The fourth-order valence-corrected chi connectivity index (χ4v) is 2.81. The molecule has 1 aliphatic rings. The average molecular weight is 319 g/mol. The van der Waals surface area contributed by atoms with Crippen LogP contribution in [0.15, 0.2) is 29.4 Å². The standard InChI is InChI=1S/C14H17N5O2S/c1-21-8-10-3-2-4-11(7-10)15-13(20)9-22-14-16-17-18-19(14)12-5-6-12/h2-4,7,12H,5-6,8-9H2,1H3,(H,15,20). The lowest BCUT2D eigenvalue weighted by Gasteiger charge is -2.07. The van der Waals surface area contributed by atoms with Crippen molar-refractivity contribution in [3.63, 3.8) is 0 Å². The Morgan fingerprint density at radius 1 is 1.50 bits per heavy atom. The molecule has 1 amide bonds. The number of ether oxygens (including phenoxy) is 1. The van der Waals surface area contributed by atoms with Gasteiger partial charge in [0.25, 0.3) is 0 Å². The third-order valence-electron chi connectivity index (χ3n) is 3.21. The summed E-state index contributed by atoms with van der Waals surface area (Å²) in [5, 5.41) is 15.2. The molecule has 1 aromatic carbocycles. The van der Waals surface area contributed by atoms with E-state index in [0.717, 1.165) is 24.1 Å². The minimum Gasteiger partial charge on any atom is -0.380 e. The first-order valence-corrected chi connectivity index (χ1v) is 8.03. The third-order valence-corrected chi connectivity index (χ3v) is 4.14. The van der Waals surface area contributed by atoms with Gasteiger partial charge in [-0.2, -0.15) is 0 Å². The van der Waals surface area contributed by atoms with Gasteiger partial charge in [0.15, 0.2) is 0 Å². The topological polar surface area (TPSA) is 81.9 Å². The van der Waals surface area contributed by atoms with E-state index in [-0.39, 0.29) is 11.7 Å². The van der Waals surface area contributed by atoms with Gasteiger partial charge in [-0.25, -0.2) is 4.68 Å². The molecule has 7 nitrogen and oxygen atoms in total. The Bertz CT molecular complexity index is 656. The van der Waals surface area contributed by atoms with Gasteiger partial charge in [0.1, 0.15) is 0 Å². The highest BCUT2D eigenvalue weighted by molar-refractivity contribution is 7.99. The zero-order chi connectivity index (χ0) is 15.4. The van der Waals surface area contributed by atoms with Crippen molar-refractivity contribution in [3.8, 4) is 0 Å². The molecule has 0 unspecified atom stereocenters. The molecule has 0 spiro atoms. The smallest absolute Gasteiger partial charge is 0.234 e. The number of carbonyl (C=O) groups excluding carboxylic acids is 1. The highest BCUT2D eigenvalue weighted by Crippen LogP contribution is 2.36. The Balaban J connectivity index is 1.53. The number of carbonyl (C=O) groups is 1. The summed E-state index contributed by atoms with van der Waals surface area (Å²) in [6.45, 7) is 0.522. The lowest BCUT2D eigenvalue weighted by atomic mass is 10.2. The Kier molecular flexibility index (Phi) is 4.69. The van der Waals surface area contributed by atoms with Crippen LogP contribution in [0.1, 0.15) is 24.4 Å². The Morgan fingerprint density at radius 2 is 2.36 bits per heavy atom. The fraction of sp³-hybridized carbons (Fsp3) is 0.429. The highest BCUT2D eigenvalue weighted by Gasteiger charge is 2.28. The zero-order valence-corrected chi connectivity index (χ0v) is 13.0. The number of amides is 1. The van der Waals surface area contributed by atoms with Gasteiger partial charge in [0.2, 0.25) is 11.1 Å². The number of anilines is 1. The van der Waals surface area contributed by atoms with E-state index in [0.29, 0.717) is 17.8 Å². The first-order valence-electron chi connectivity index (χ1n) is 7.04. The summed E-state index contributed by atoms with van der Waals surface area (Å²) in [5.74, 6) is 0.201. The molecule has 1 N–H and O–H groups in total. The van der Waals surface area contributed by atoms with Gasteiger partial charge in [-0.1, -0.05) is 23.9 Å². The fourth-order valence-electron chi connectivity index (χ4n) is 2.06. The maximum Gasteiger partial charge on any atom is 0.234 e. The first kappa shape index (κ1) is 15.0. The predicted molar refractivity (Wildman–Crippen MR) is 82.6 cm³/mol. The molecule has 0 aliphatic heterocycles. The molecule has 0 radical (unpaired) electrons. The molecule has 116 valence electrons. The van der Waals surface area contributed by atoms with E-state index in [1.165, 1.54) is 11.8 Å². The molecule has 8 heteroatoms. The number of methoxy groups -OCH3 is 1. The summed E-state index contributed by atoms with van der Waals surface area (Å²) in [6.07, 6.45) is 2.22. The van der Waals surface area contributed by atoms with Crippen molar-refractivity contribution in [2.75, 3.05) is 18.2 Å². The maximum absolute atomic E-state index is 12.0. The number of hydrogen-bond donors (Lipinski definition) is 1. The van der Waals surface area contributed by atoms with Crippen LogP contribution in [0, 0.1) is 0 Å². The number of benzene rings is 1. The molecular weight excluding hydrogens is 302 g/mol. The van der Waals surface area contributed by atoms with Crippen LogP contribution < -0.4 is 5.32 Å². The second kappa shape index (κ2) is 6.89. The van der Waals surface area contributed by atoms with E-state index in [9.17, 15) is 4.79 Å². The van der Waals surface area contributed by atoms with Gasteiger partial charge in [0.05, 0.1) is 18.4 Å². The van der Waals surface area contributed by atoms with Gasteiger partial charge in [0, 0.05) is 12.8 Å². The quantitative estimate of drug-likeness (QED) is 0.785. The van der Waals surface area contributed by atoms with Crippen molar-refractivity contribution >= 4 is 23.4 Å². The van der Waals surface area contributed by atoms with Crippen LogP contribution in [0.5, 0.6) is 0 Å². The van der Waals surface area contributed by atoms with Crippen LogP contribution in [0.25, 0.3) is 0 Å². The van der Waals surface area contributed by atoms with E-state index in [4.69, 9.17) is 4.74 Å². The van der Waals surface area contributed by atoms with Crippen molar-refractivity contribution < 1.29 is 9.53 Å². The van der Waals surface area contributed by atoms with Gasteiger partial charge in [-0.3, -0.25) is 4.79 Å². The maximum atomic E-state index is 12.0. The summed E-state index contributed by atoms with van der Waals surface area (Å²) < 4.78 is 6.89. The third kappa shape index (κ3) is 3.83. The van der Waals surface area contributed by atoms with E-state index in [1.807, 2.05) is 24.3 Å². The zero-order valence-electron chi connectivity index (χ0n) is 12.2. The summed E-state index contributed by atoms with van der Waals surface area (Å²) in [6, 6.07) is 8.02. The number of rotatable bonds is 7. The van der Waals surface area contributed by atoms with E-state index in [1.54, 1.807) is 11.8 Å². The van der Waals surface area contributed by atoms with Crippen molar-refractivity contribution in [2.45, 2.75) is 30.6 Å². The lowest BCUT2D eigenvalue weighted by Crippen LogP contribution is -2.14. The van der Waals surface area contributed by atoms with Crippen LogP contribution in [0.2, 0.25) is 0 Å². The number of thioether (sulfide) groups is 1. The van der Waals surface area contributed by atoms with Gasteiger partial charge in [-0.05, 0) is 41.0 Å². The molecule has 1 fully saturated rings. The number of hydrogen-bond acceptors (Lipinski definition) is 6.